The van der Waals surface area contributed by atoms with Crippen LogP contribution in [0.3, 0.4) is 0 Å². The number of pyridine rings is 1. The van der Waals surface area contributed by atoms with Gasteiger partial charge >= 0.3 is 5.97 Å². The standard InChI is InChI=1S/C15H12N2O2/c1-9-2-4-13-11(6-9)12(8-17-13)14-5-3-10(7-16-14)15(18)19/h2-8,17H,1H3,(H,18,19). The van der Waals surface area contributed by atoms with Crippen molar-refractivity contribution in [2.45, 2.75) is 6.92 Å². The first-order valence-corrected chi connectivity index (χ1v) is 5.92. The Kier molecular flexibility index (Phi) is 2.56. The molecule has 0 radical (unpaired) electrons. The van der Waals surface area contributed by atoms with E-state index in [0.29, 0.717) is 0 Å². The van der Waals surface area contributed by atoms with E-state index in [4.69, 9.17) is 5.11 Å². The number of carboxylic acids is 1. The molecule has 4 nitrogen and oxygen atoms in total. The van der Waals surface area contributed by atoms with E-state index in [-0.39, 0.29) is 5.56 Å². The first-order chi connectivity index (χ1) is 9.15. The number of aromatic amines is 1. The third-order valence-electron chi connectivity index (χ3n) is 3.12. The Hall–Kier alpha value is -2.62. The smallest absolute Gasteiger partial charge is 0.337 e. The predicted octanol–water partition coefficient (Wildman–Crippen LogP) is 3.24. The van der Waals surface area contributed by atoms with Gasteiger partial charge in [0.2, 0.25) is 0 Å². The normalized spacial score (nSPS) is 10.8. The van der Waals surface area contributed by atoms with E-state index in [9.17, 15) is 4.79 Å². The van der Waals surface area contributed by atoms with Crippen LogP contribution in [0.5, 0.6) is 0 Å². The monoisotopic (exact) mass is 252 g/mol. The van der Waals surface area contributed by atoms with Gasteiger partial charge in [-0.15, -0.1) is 0 Å². The fourth-order valence-electron chi connectivity index (χ4n) is 2.13. The zero-order valence-corrected chi connectivity index (χ0v) is 10.3. The Morgan fingerprint density at radius 2 is 2.11 bits per heavy atom. The maximum absolute atomic E-state index is 10.8. The van der Waals surface area contributed by atoms with Gasteiger partial charge in [-0.2, -0.15) is 0 Å². The Bertz CT molecular complexity index is 757. The lowest BCUT2D eigenvalue weighted by molar-refractivity contribution is 0.0696. The molecule has 0 amide bonds. The fraction of sp³-hybridized carbons (Fsp3) is 0.0667. The lowest BCUT2D eigenvalue weighted by atomic mass is 10.1. The fourth-order valence-corrected chi connectivity index (χ4v) is 2.13. The van der Waals surface area contributed by atoms with E-state index in [1.807, 2.05) is 25.3 Å². The average Bonchev–Trinajstić information content (AvgIpc) is 2.81. The lowest BCUT2D eigenvalue weighted by Crippen LogP contribution is -1.96. The average molecular weight is 252 g/mol. The van der Waals surface area contributed by atoms with Gasteiger partial charge in [0, 0.05) is 28.9 Å². The summed E-state index contributed by atoms with van der Waals surface area (Å²) in [6, 6.07) is 9.46. The number of aromatic nitrogens is 2. The van der Waals surface area contributed by atoms with Crippen LogP contribution in [0.2, 0.25) is 0 Å². The maximum Gasteiger partial charge on any atom is 0.337 e. The van der Waals surface area contributed by atoms with Crippen molar-refractivity contribution in [3.63, 3.8) is 0 Å². The molecular formula is C15H12N2O2. The van der Waals surface area contributed by atoms with E-state index in [2.05, 4.69) is 16.0 Å². The highest BCUT2D eigenvalue weighted by Gasteiger charge is 2.09. The molecule has 19 heavy (non-hydrogen) atoms. The van der Waals surface area contributed by atoms with Crippen LogP contribution in [-0.2, 0) is 0 Å². The van der Waals surface area contributed by atoms with Gasteiger partial charge in [0.15, 0.2) is 0 Å². The Balaban J connectivity index is 2.13. The molecule has 0 unspecified atom stereocenters. The summed E-state index contributed by atoms with van der Waals surface area (Å²) < 4.78 is 0. The quantitative estimate of drug-likeness (QED) is 0.735. The molecular weight excluding hydrogens is 240 g/mol. The molecule has 3 aromatic rings. The van der Waals surface area contributed by atoms with Crippen molar-refractivity contribution >= 4 is 16.9 Å². The summed E-state index contributed by atoms with van der Waals surface area (Å²) in [5, 5.41) is 9.96. The Morgan fingerprint density at radius 3 is 2.79 bits per heavy atom. The number of hydrogen-bond acceptors (Lipinski definition) is 2. The van der Waals surface area contributed by atoms with Gasteiger partial charge in [-0.05, 0) is 31.2 Å². The number of nitrogens with one attached hydrogen (secondary N) is 1. The van der Waals surface area contributed by atoms with Crippen molar-refractivity contribution < 1.29 is 9.90 Å². The number of aromatic carboxylic acids is 1. The molecule has 0 bridgehead atoms. The highest BCUT2D eigenvalue weighted by atomic mass is 16.4. The Labute approximate surface area is 109 Å². The second kappa shape index (κ2) is 4.24. The third-order valence-corrected chi connectivity index (χ3v) is 3.12. The van der Waals surface area contributed by atoms with Crippen LogP contribution in [0, 0.1) is 6.92 Å². The van der Waals surface area contributed by atoms with Gasteiger partial charge in [-0.3, -0.25) is 4.98 Å². The summed E-state index contributed by atoms with van der Waals surface area (Å²) in [6.45, 7) is 2.04. The molecule has 2 N–H and O–H groups in total. The third kappa shape index (κ3) is 1.97. The minimum atomic E-state index is -0.964. The van der Waals surface area contributed by atoms with Crippen LogP contribution >= 0.6 is 0 Å². The number of hydrogen-bond donors (Lipinski definition) is 2. The van der Waals surface area contributed by atoms with Crippen LogP contribution in [0.1, 0.15) is 15.9 Å². The minimum absolute atomic E-state index is 0.194. The zero-order chi connectivity index (χ0) is 13.4. The molecule has 0 fully saturated rings. The van der Waals surface area contributed by atoms with Crippen molar-refractivity contribution in [2.75, 3.05) is 0 Å². The van der Waals surface area contributed by atoms with Gasteiger partial charge in [0.25, 0.3) is 0 Å². The molecule has 4 heteroatoms. The SMILES string of the molecule is Cc1ccc2[nH]cc(-c3ccc(C(=O)O)cn3)c2c1. The largest absolute Gasteiger partial charge is 0.478 e. The second-order valence-corrected chi connectivity index (χ2v) is 4.49. The van der Waals surface area contributed by atoms with Gasteiger partial charge in [-0.25, -0.2) is 4.79 Å². The predicted molar refractivity (Wildman–Crippen MR) is 73.2 cm³/mol. The number of fused-ring (bicyclic) bond motifs is 1. The number of aryl methyl sites for hydroxylation is 1. The minimum Gasteiger partial charge on any atom is -0.478 e. The summed E-state index contributed by atoms with van der Waals surface area (Å²) in [7, 11) is 0. The summed E-state index contributed by atoms with van der Waals surface area (Å²) in [6.07, 6.45) is 3.28. The number of nitrogens with zero attached hydrogens (tertiary/aromatic N) is 1. The second-order valence-electron chi connectivity index (χ2n) is 4.49. The van der Waals surface area contributed by atoms with Crippen molar-refractivity contribution in [1.29, 1.82) is 0 Å². The molecule has 0 aliphatic carbocycles. The van der Waals surface area contributed by atoms with Crippen LogP contribution in [0.15, 0.2) is 42.7 Å². The van der Waals surface area contributed by atoms with Gasteiger partial charge in [0.1, 0.15) is 0 Å². The highest BCUT2D eigenvalue weighted by molar-refractivity contribution is 5.95. The van der Waals surface area contributed by atoms with E-state index >= 15 is 0 Å². The molecule has 1 aromatic carbocycles. The topological polar surface area (TPSA) is 66.0 Å². The van der Waals surface area contributed by atoms with Crippen molar-refractivity contribution in [3.05, 3.63) is 53.9 Å². The van der Waals surface area contributed by atoms with Crippen molar-refractivity contribution in [1.82, 2.24) is 9.97 Å². The first kappa shape index (κ1) is 11.5. The summed E-state index contributed by atoms with van der Waals surface area (Å²) in [5.74, 6) is -0.964. The lowest BCUT2D eigenvalue weighted by Gasteiger charge is -2.00. The molecule has 2 heterocycles. The number of carboxylic acid groups (broad SMARTS) is 1. The first-order valence-electron chi connectivity index (χ1n) is 5.92. The summed E-state index contributed by atoms with van der Waals surface area (Å²) in [4.78, 5) is 18.2. The zero-order valence-electron chi connectivity index (χ0n) is 10.3. The number of rotatable bonds is 2. The van der Waals surface area contributed by atoms with Crippen LogP contribution in [0.25, 0.3) is 22.2 Å². The molecule has 0 saturated heterocycles. The molecule has 0 saturated carbocycles. The highest BCUT2D eigenvalue weighted by Crippen LogP contribution is 2.27. The molecule has 2 aromatic heterocycles. The van der Waals surface area contributed by atoms with E-state index in [0.717, 1.165) is 22.2 Å². The molecule has 0 spiro atoms. The number of benzene rings is 1. The molecule has 94 valence electrons. The molecule has 3 rings (SSSR count). The van der Waals surface area contributed by atoms with Crippen LogP contribution in [-0.4, -0.2) is 21.0 Å². The van der Waals surface area contributed by atoms with E-state index in [1.54, 1.807) is 12.1 Å². The van der Waals surface area contributed by atoms with Crippen LogP contribution in [0.4, 0.5) is 0 Å². The molecule has 0 atom stereocenters. The number of H-pyrrole nitrogens is 1. The van der Waals surface area contributed by atoms with Crippen molar-refractivity contribution in [2.24, 2.45) is 0 Å². The van der Waals surface area contributed by atoms with Crippen LogP contribution < -0.4 is 0 Å². The Morgan fingerprint density at radius 1 is 1.26 bits per heavy atom. The summed E-state index contributed by atoms with van der Waals surface area (Å²) >= 11 is 0. The maximum atomic E-state index is 10.8. The van der Waals surface area contributed by atoms with Crippen molar-refractivity contribution in [3.8, 4) is 11.3 Å². The van der Waals surface area contributed by atoms with E-state index in [1.165, 1.54) is 11.8 Å². The van der Waals surface area contributed by atoms with Gasteiger partial charge < -0.3 is 10.1 Å². The van der Waals surface area contributed by atoms with Gasteiger partial charge in [0.05, 0.1) is 11.3 Å². The summed E-state index contributed by atoms with van der Waals surface area (Å²) in [5.41, 5.74) is 4.16. The molecule has 0 aliphatic heterocycles. The molecule has 0 aliphatic rings. The van der Waals surface area contributed by atoms with Gasteiger partial charge in [-0.1, -0.05) is 11.6 Å². The van der Waals surface area contributed by atoms with E-state index < -0.39 is 5.97 Å². The number of carbonyl (C=O) groups is 1.